The summed E-state index contributed by atoms with van der Waals surface area (Å²) < 4.78 is 0. The molecule has 3 nitrogen and oxygen atoms in total. The Morgan fingerprint density at radius 2 is 1.80 bits per heavy atom. The number of allylic oxidation sites excluding steroid dienone is 1. The topological polar surface area (TPSA) is 33.2 Å². The van der Waals surface area contributed by atoms with E-state index in [2.05, 4.69) is 4.98 Å². The third-order valence-corrected chi connectivity index (χ3v) is 1.94. The fraction of sp³-hybridized carbons (Fsp3) is 0.333. The summed E-state index contributed by atoms with van der Waals surface area (Å²) in [4.78, 5) is 17.1. The minimum Gasteiger partial charge on any atom is -0.383 e. The Labute approximate surface area is 90.4 Å². The first-order valence-electron chi connectivity index (χ1n) is 4.82. The lowest BCUT2D eigenvalue weighted by molar-refractivity contribution is -0.103. The van der Waals surface area contributed by atoms with Crippen LogP contribution in [0, 0.1) is 13.8 Å². The van der Waals surface area contributed by atoms with Crippen molar-refractivity contribution in [2.75, 3.05) is 14.1 Å². The van der Waals surface area contributed by atoms with Gasteiger partial charge in [0.25, 0.3) is 0 Å². The zero-order valence-electron chi connectivity index (χ0n) is 9.61. The SMILES string of the molecule is Cc1cc(C(C=O)=CN(C)C)cc(C)n1. The van der Waals surface area contributed by atoms with Gasteiger partial charge in [-0.05, 0) is 31.5 Å². The number of hydrogen-bond acceptors (Lipinski definition) is 3. The van der Waals surface area contributed by atoms with Crippen molar-refractivity contribution in [2.24, 2.45) is 0 Å². The average Bonchev–Trinajstić information content (AvgIpc) is 2.12. The molecule has 0 saturated heterocycles. The maximum absolute atomic E-state index is 10.9. The first-order chi connectivity index (χ1) is 7.02. The van der Waals surface area contributed by atoms with Crippen LogP contribution in [0.1, 0.15) is 17.0 Å². The summed E-state index contributed by atoms with van der Waals surface area (Å²) in [6.07, 6.45) is 2.68. The van der Waals surface area contributed by atoms with Crippen LogP contribution in [-0.2, 0) is 4.79 Å². The average molecular weight is 204 g/mol. The molecule has 0 fully saturated rings. The van der Waals surface area contributed by atoms with Crippen LogP contribution in [0.4, 0.5) is 0 Å². The van der Waals surface area contributed by atoms with Crippen LogP contribution in [0.2, 0.25) is 0 Å². The highest BCUT2D eigenvalue weighted by Crippen LogP contribution is 2.14. The number of nitrogens with zero attached hydrogens (tertiary/aromatic N) is 2. The van der Waals surface area contributed by atoms with Gasteiger partial charge < -0.3 is 4.90 Å². The van der Waals surface area contributed by atoms with E-state index in [0.29, 0.717) is 5.57 Å². The summed E-state index contributed by atoms with van der Waals surface area (Å²) in [5.74, 6) is 0. The molecule has 0 spiro atoms. The minimum atomic E-state index is 0.675. The maximum atomic E-state index is 10.9. The van der Waals surface area contributed by atoms with Crippen LogP contribution in [0.5, 0.6) is 0 Å². The van der Waals surface area contributed by atoms with E-state index in [9.17, 15) is 4.79 Å². The molecule has 1 aromatic rings. The highest BCUT2D eigenvalue weighted by Gasteiger charge is 2.03. The molecule has 1 rings (SSSR count). The lowest BCUT2D eigenvalue weighted by atomic mass is 10.1. The smallest absolute Gasteiger partial charge is 0.152 e. The first kappa shape index (κ1) is 11.4. The molecule has 0 aromatic carbocycles. The van der Waals surface area contributed by atoms with Crippen LogP contribution in [0.25, 0.3) is 5.57 Å². The summed E-state index contributed by atoms with van der Waals surface area (Å²) in [5, 5.41) is 0. The van der Waals surface area contributed by atoms with E-state index in [-0.39, 0.29) is 0 Å². The van der Waals surface area contributed by atoms with E-state index < -0.39 is 0 Å². The Balaban J connectivity index is 3.18. The van der Waals surface area contributed by atoms with Gasteiger partial charge in [0, 0.05) is 37.3 Å². The highest BCUT2D eigenvalue weighted by molar-refractivity contribution is 6.06. The van der Waals surface area contributed by atoms with Crippen molar-refractivity contribution in [3.63, 3.8) is 0 Å². The molecule has 3 heteroatoms. The normalized spacial score (nSPS) is 11.3. The van der Waals surface area contributed by atoms with Crippen molar-refractivity contribution < 1.29 is 4.79 Å². The van der Waals surface area contributed by atoms with Gasteiger partial charge in [-0.15, -0.1) is 0 Å². The van der Waals surface area contributed by atoms with Crippen LogP contribution < -0.4 is 0 Å². The second-order valence-electron chi connectivity index (χ2n) is 3.80. The predicted octanol–water partition coefficient (Wildman–Crippen LogP) is 1.80. The molecule has 0 aliphatic heterocycles. The Hall–Kier alpha value is -1.64. The van der Waals surface area contributed by atoms with E-state index in [1.54, 1.807) is 6.20 Å². The number of carbonyl (C=O) groups is 1. The summed E-state index contributed by atoms with van der Waals surface area (Å²) in [6.45, 7) is 3.85. The molecule has 0 N–H and O–H groups in total. The number of pyridine rings is 1. The molecule has 0 bridgehead atoms. The van der Waals surface area contributed by atoms with Crippen LogP contribution in [-0.4, -0.2) is 30.3 Å². The summed E-state index contributed by atoms with van der Waals surface area (Å²) in [6, 6.07) is 3.83. The number of rotatable bonds is 3. The van der Waals surface area contributed by atoms with Crippen molar-refractivity contribution in [1.82, 2.24) is 9.88 Å². The largest absolute Gasteiger partial charge is 0.383 e. The molecule has 1 aromatic heterocycles. The van der Waals surface area contributed by atoms with Gasteiger partial charge in [0.1, 0.15) is 0 Å². The maximum Gasteiger partial charge on any atom is 0.152 e. The van der Waals surface area contributed by atoms with Gasteiger partial charge in [0.15, 0.2) is 6.29 Å². The summed E-state index contributed by atoms with van der Waals surface area (Å²) in [7, 11) is 3.79. The second kappa shape index (κ2) is 4.73. The zero-order chi connectivity index (χ0) is 11.4. The van der Waals surface area contributed by atoms with Crippen molar-refractivity contribution >= 4 is 11.9 Å². The molecular weight excluding hydrogens is 188 g/mol. The van der Waals surface area contributed by atoms with Gasteiger partial charge in [-0.2, -0.15) is 0 Å². The third kappa shape index (κ3) is 3.20. The van der Waals surface area contributed by atoms with Crippen LogP contribution >= 0.6 is 0 Å². The highest BCUT2D eigenvalue weighted by atomic mass is 16.1. The molecular formula is C12H16N2O. The molecule has 1 heterocycles. The van der Waals surface area contributed by atoms with Gasteiger partial charge in [0.2, 0.25) is 0 Å². The van der Waals surface area contributed by atoms with E-state index >= 15 is 0 Å². The lowest BCUT2D eigenvalue weighted by Crippen LogP contribution is -2.04. The van der Waals surface area contributed by atoms with Gasteiger partial charge in [-0.3, -0.25) is 9.78 Å². The number of aryl methyl sites for hydroxylation is 2. The molecule has 0 aliphatic rings. The molecule has 0 atom stereocenters. The Kier molecular flexibility index (Phi) is 3.61. The standard InChI is InChI=1S/C12H16N2O/c1-9-5-11(6-10(2)13-9)12(8-15)7-14(3)4/h5-8H,1-4H3. The fourth-order valence-corrected chi connectivity index (χ4v) is 1.45. The zero-order valence-corrected chi connectivity index (χ0v) is 9.61. The Bertz CT molecular complexity index is 374. The predicted molar refractivity (Wildman–Crippen MR) is 61.4 cm³/mol. The molecule has 15 heavy (non-hydrogen) atoms. The van der Waals surface area contributed by atoms with Crippen molar-refractivity contribution in [3.05, 3.63) is 35.3 Å². The Morgan fingerprint density at radius 3 is 2.20 bits per heavy atom. The van der Waals surface area contributed by atoms with E-state index in [0.717, 1.165) is 23.2 Å². The summed E-state index contributed by atoms with van der Waals surface area (Å²) >= 11 is 0. The summed E-state index contributed by atoms with van der Waals surface area (Å²) in [5.41, 5.74) is 3.45. The molecule has 0 unspecified atom stereocenters. The second-order valence-corrected chi connectivity index (χ2v) is 3.80. The van der Waals surface area contributed by atoms with Crippen molar-refractivity contribution in [1.29, 1.82) is 0 Å². The molecule has 0 radical (unpaired) electrons. The van der Waals surface area contributed by atoms with Gasteiger partial charge in [0.05, 0.1) is 0 Å². The van der Waals surface area contributed by atoms with Crippen LogP contribution in [0.3, 0.4) is 0 Å². The van der Waals surface area contributed by atoms with E-state index in [1.165, 1.54) is 0 Å². The number of hydrogen-bond donors (Lipinski definition) is 0. The fourth-order valence-electron chi connectivity index (χ4n) is 1.45. The van der Waals surface area contributed by atoms with Crippen LogP contribution in [0.15, 0.2) is 18.3 Å². The van der Waals surface area contributed by atoms with Crippen molar-refractivity contribution in [2.45, 2.75) is 13.8 Å². The number of aromatic nitrogens is 1. The first-order valence-corrected chi connectivity index (χ1v) is 4.82. The van der Waals surface area contributed by atoms with E-state index in [4.69, 9.17) is 0 Å². The molecule has 0 aliphatic carbocycles. The Morgan fingerprint density at radius 1 is 1.27 bits per heavy atom. The minimum absolute atomic E-state index is 0.675. The lowest BCUT2D eigenvalue weighted by Gasteiger charge is -2.08. The third-order valence-electron chi connectivity index (χ3n) is 1.94. The molecule has 80 valence electrons. The number of carbonyl (C=O) groups excluding carboxylic acids is 1. The quantitative estimate of drug-likeness (QED) is 0.556. The van der Waals surface area contributed by atoms with Gasteiger partial charge in [-0.25, -0.2) is 0 Å². The monoisotopic (exact) mass is 204 g/mol. The number of aldehydes is 1. The van der Waals surface area contributed by atoms with Crippen molar-refractivity contribution in [3.8, 4) is 0 Å². The van der Waals surface area contributed by atoms with E-state index in [1.807, 2.05) is 45.0 Å². The van der Waals surface area contributed by atoms with Gasteiger partial charge in [-0.1, -0.05) is 0 Å². The van der Waals surface area contributed by atoms with Gasteiger partial charge >= 0.3 is 0 Å². The molecule has 0 amide bonds. The molecule has 0 saturated carbocycles.